The summed E-state index contributed by atoms with van der Waals surface area (Å²) in [6, 6.07) is 7.32. The number of aromatic hydroxyl groups is 1. The van der Waals surface area contributed by atoms with Crippen molar-refractivity contribution in [2.45, 2.75) is 38.0 Å². The zero-order chi connectivity index (χ0) is 33.7. The minimum Gasteiger partial charge on any atom is -0.510 e. The van der Waals surface area contributed by atoms with Crippen molar-refractivity contribution in [2.24, 2.45) is 17.6 Å². The van der Waals surface area contributed by atoms with Gasteiger partial charge in [-0.2, -0.15) is 0 Å². The molecule has 0 fully saturated rings. The number of primary amides is 1. The maximum Gasteiger partial charge on any atom is 0.319 e. The van der Waals surface area contributed by atoms with E-state index in [1.807, 2.05) is 12.1 Å². The Hall–Kier alpha value is -4.72. The maximum absolute atomic E-state index is 14.1. The smallest absolute Gasteiger partial charge is 0.319 e. The van der Waals surface area contributed by atoms with Gasteiger partial charge in [-0.1, -0.05) is 12.1 Å². The quantitative estimate of drug-likeness (QED) is 0.171. The number of Topliss-reactive ketones (excluding diaryl/α,β-unsaturated/α-hetero) is 2. The Morgan fingerprint density at radius 3 is 2.46 bits per heavy atom. The van der Waals surface area contributed by atoms with Crippen LogP contribution in [0.3, 0.4) is 0 Å². The van der Waals surface area contributed by atoms with E-state index in [1.165, 1.54) is 18.1 Å². The largest absolute Gasteiger partial charge is 0.510 e. The SMILES string of the molecule is CCOC(=O)CNCc1ccc(OC)c(-c2ccc(O)c3c2C[C@@H]2C[C@H]4[C@@H](N(C)C)C(O)=C(C(N)=O)C(=O)[C@@]4(O)C(O)=C2C3=O)c1. The summed E-state index contributed by atoms with van der Waals surface area (Å²) in [4.78, 5) is 53.1. The van der Waals surface area contributed by atoms with Crippen molar-refractivity contribution in [1.29, 1.82) is 0 Å². The molecule has 0 spiro atoms. The van der Waals surface area contributed by atoms with Crippen LogP contribution in [0, 0.1) is 11.8 Å². The Bertz CT molecular complexity index is 1710. The number of benzene rings is 2. The number of methoxy groups -OCH3 is 1. The third kappa shape index (κ3) is 5.10. The molecule has 13 nitrogen and oxygen atoms in total. The van der Waals surface area contributed by atoms with Crippen LogP contribution in [0.15, 0.2) is 53.0 Å². The van der Waals surface area contributed by atoms with E-state index in [9.17, 15) is 39.6 Å². The van der Waals surface area contributed by atoms with Gasteiger partial charge in [-0.15, -0.1) is 0 Å². The lowest BCUT2D eigenvalue weighted by Gasteiger charge is -2.50. The molecule has 0 aromatic heterocycles. The van der Waals surface area contributed by atoms with Crippen molar-refractivity contribution < 1.29 is 49.1 Å². The van der Waals surface area contributed by atoms with E-state index >= 15 is 0 Å². The van der Waals surface area contributed by atoms with Crippen LogP contribution in [0.1, 0.15) is 34.8 Å². The number of allylic oxidation sites excluding steroid dienone is 1. The molecule has 0 radical (unpaired) electrons. The van der Waals surface area contributed by atoms with Crippen LogP contribution in [-0.4, -0.2) is 94.8 Å². The van der Waals surface area contributed by atoms with Crippen LogP contribution in [0.25, 0.3) is 11.1 Å². The van der Waals surface area contributed by atoms with Crippen molar-refractivity contribution in [2.75, 3.05) is 34.4 Å². The van der Waals surface area contributed by atoms with E-state index < -0.39 is 58.0 Å². The summed E-state index contributed by atoms with van der Waals surface area (Å²) in [6.07, 6.45) is 0.0859. The summed E-state index contributed by atoms with van der Waals surface area (Å²) in [5.74, 6) is -7.05. The lowest BCUT2D eigenvalue weighted by Crippen LogP contribution is -2.63. The molecule has 2 aromatic carbocycles. The summed E-state index contributed by atoms with van der Waals surface area (Å²) in [7, 11) is 4.65. The second-order valence-corrected chi connectivity index (χ2v) is 11.9. The van der Waals surface area contributed by atoms with Crippen LogP contribution in [0.4, 0.5) is 0 Å². The molecule has 0 bridgehead atoms. The number of aliphatic hydroxyl groups is 3. The first-order valence-corrected chi connectivity index (χ1v) is 14.8. The number of rotatable bonds is 9. The fraction of sp³-hybridized carbons (Fsp3) is 0.394. The number of phenols is 1. The van der Waals surface area contributed by atoms with Gasteiger partial charge in [-0.05, 0) is 74.7 Å². The second-order valence-electron chi connectivity index (χ2n) is 11.9. The van der Waals surface area contributed by atoms with Gasteiger partial charge in [0.25, 0.3) is 5.91 Å². The Kier molecular flexibility index (Phi) is 8.69. The van der Waals surface area contributed by atoms with Crippen molar-refractivity contribution in [3.8, 4) is 22.6 Å². The van der Waals surface area contributed by atoms with E-state index in [2.05, 4.69) is 5.32 Å². The number of hydrogen-bond acceptors (Lipinski definition) is 12. The van der Waals surface area contributed by atoms with Gasteiger partial charge in [-0.3, -0.25) is 24.1 Å². The number of esters is 1. The molecule has 13 heteroatoms. The molecule has 7 N–H and O–H groups in total. The second kappa shape index (κ2) is 12.2. The molecular formula is C33H37N3O10. The lowest BCUT2D eigenvalue weighted by atomic mass is 9.58. The molecule has 0 saturated heterocycles. The summed E-state index contributed by atoms with van der Waals surface area (Å²) in [6.45, 7) is 2.32. The predicted octanol–water partition coefficient (Wildman–Crippen LogP) is 1.45. The Labute approximate surface area is 264 Å². The summed E-state index contributed by atoms with van der Waals surface area (Å²) < 4.78 is 10.6. The highest BCUT2D eigenvalue weighted by Crippen LogP contribution is 2.53. The van der Waals surface area contributed by atoms with Gasteiger partial charge in [0.2, 0.25) is 5.78 Å². The number of hydrogen-bond donors (Lipinski definition) is 6. The standard InChI is InChI=1S/C33H37N3O10/c1-5-46-23(38)14-35-13-15-6-9-22(45-4)18(10-15)17-7-8-21(37)25-19(17)11-16-12-20-27(36(2)3)29(40)26(32(34)43)31(42)33(20,44)30(41)24(16)28(25)39/h6-10,16,20,27,35,37,40-41,44H,5,11-14H2,1-4H3,(H2,34,43)/t16-,20+,27-,33+/m1/s1. The number of fused-ring (bicyclic) bond motifs is 3. The molecule has 3 aliphatic carbocycles. The number of phenolic OH excluding ortho intramolecular Hbond substituents is 1. The van der Waals surface area contributed by atoms with Crippen LogP contribution in [-0.2, 0) is 32.1 Å². The number of ether oxygens (including phenoxy) is 2. The average Bonchev–Trinajstić information content (AvgIpc) is 2.99. The zero-order valence-electron chi connectivity index (χ0n) is 25.9. The first-order chi connectivity index (χ1) is 21.8. The highest BCUT2D eigenvalue weighted by atomic mass is 16.5. The highest BCUT2D eigenvalue weighted by molar-refractivity contribution is 6.25. The summed E-state index contributed by atoms with van der Waals surface area (Å²) in [5.41, 5.74) is 3.93. The number of amides is 1. The van der Waals surface area contributed by atoms with E-state index in [-0.39, 0.29) is 48.8 Å². The van der Waals surface area contributed by atoms with E-state index in [4.69, 9.17) is 15.2 Å². The fourth-order valence-corrected chi connectivity index (χ4v) is 7.10. The normalized spacial score (nSPS) is 24.0. The zero-order valence-corrected chi connectivity index (χ0v) is 25.9. The van der Waals surface area contributed by atoms with Gasteiger partial charge >= 0.3 is 5.97 Å². The van der Waals surface area contributed by atoms with E-state index in [1.54, 1.807) is 33.2 Å². The van der Waals surface area contributed by atoms with Gasteiger partial charge in [0, 0.05) is 23.6 Å². The molecule has 0 unspecified atom stereocenters. The Balaban J connectivity index is 1.61. The van der Waals surface area contributed by atoms with E-state index in [0.29, 0.717) is 29.0 Å². The monoisotopic (exact) mass is 635 g/mol. The van der Waals surface area contributed by atoms with Crippen LogP contribution >= 0.6 is 0 Å². The topological polar surface area (TPSA) is 209 Å². The van der Waals surface area contributed by atoms with Gasteiger partial charge in [-0.25, -0.2) is 0 Å². The number of ketones is 2. The molecule has 0 saturated carbocycles. The highest BCUT2D eigenvalue weighted by Gasteiger charge is 2.63. The van der Waals surface area contributed by atoms with Crippen molar-refractivity contribution in [1.82, 2.24) is 10.2 Å². The third-order valence-electron chi connectivity index (χ3n) is 9.06. The fourth-order valence-electron chi connectivity index (χ4n) is 7.10. The average molecular weight is 636 g/mol. The molecule has 0 heterocycles. The minimum atomic E-state index is -2.72. The number of nitrogens with one attached hydrogen (secondary N) is 1. The molecule has 3 aliphatic rings. The van der Waals surface area contributed by atoms with Gasteiger partial charge in [0.1, 0.15) is 28.6 Å². The van der Waals surface area contributed by atoms with Crippen molar-refractivity contribution in [3.05, 3.63) is 69.7 Å². The number of likely N-dealkylation sites (N-methyl/N-ethyl adjacent to an activating group) is 1. The van der Waals surface area contributed by atoms with Crippen LogP contribution in [0.2, 0.25) is 0 Å². The number of nitrogens with zero attached hydrogens (tertiary/aromatic N) is 1. The molecule has 5 rings (SSSR count). The number of carbonyl (C=O) groups is 4. The van der Waals surface area contributed by atoms with E-state index in [0.717, 1.165) is 5.56 Å². The number of carbonyl (C=O) groups excluding carboxylic acids is 4. The number of aliphatic hydroxyl groups excluding tert-OH is 2. The maximum atomic E-state index is 14.1. The molecule has 1 amide bonds. The Morgan fingerprint density at radius 2 is 1.83 bits per heavy atom. The first-order valence-electron chi connectivity index (χ1n) is 14.8. The van der Waals surface area contributed by atoms with Crippen LogP contribution < -0.4 is 15.8 Å². The molecule has 0 aliphatic heterocycles. The Morgan fingerprint density at radius 1 is 1.11 bits per heavy atom. The molecule has 244 valence electrons. The summed E-state index contributed by atoms with van der Waals surface area (Å²) >= 11 is 0. The first kappa shape index (κ1) is 32.7. The molecular weight excluding hydrogens is 598 g/mol. The molecule has 46 heavy (non-hydrogen) atoms. The minimum absolute atomic E-state index is 0.00817. The van der Waals surface area contributed by atoms with Crippen LogP contribution in [0.5, 0.6) is 11.5 Å². The van der Waals surface area contributed by atoms with Gasteiger partial charge in [0.15, 0.2) is 11.4 Å². The van der Waals surface area contributed by atoms with Crippen molar-refractivity contribution in [3.63, 3.8) is 0 Å². The third-order valence-corrected chi connectivity index (χ3v) is 9.06. The number of nitrogens with two attached hydrogens (primary N) is 1. The van der Waals surface area contributed by atoms with Gasteiger partial charge < -0.3 is 41.0 Å². The molecule has 2 aromatic rings. The molecule has 4 atom stereocenters. The van der Waals surface area contributed by atoms with Gasteiger partial charge in [0.05, 0.1) is 31.9 Å². The van der Waals surface area contributed by atoms with Crippen molar-refractivity contribution >= 4 is 23.4 Å². The predicted molar refractivity (Wildman–Crippen MR) is 164 cm³/mol. The summed E-state index contributed by atoms with van der Waals surface area (Å²) in [5, 5.41) is 48.3. The lowest BCUT2D eigenvalue weighted by molar-refractivity contribution is -0.148.